The van der Waals surface area contributed by atoms with Crippen LogP contribution in [0.1, 0.15) is 40.0 Å². The Morgan fingerprint density at radius 3 is 2.40 bits per heavy atom. The maximum absolute atomic E-state index is 11.4. The SMILES string of the molecule is CC(C)(C)OC(=O)CNC1(CO)CCC1. The minimum atomic E-state index is -0.440. The van der Waals surface area contributed by atoms with Crippen molar-refractivity contribution in [2.24, 2.45) is 0 Å². The molecule has 1 fully saturated rings. The number of carbonyl (C=O) groups excluding carboxylic acids is 1. The topological polar surface area (TPSA) is 58.6 Å². The monoisotopic (exact) mass is 215 g/mol. The highest BCUT2D eigenvalue weighted by molar-refractivity contribution is 5.72. The Kier molecular flexibility index (Phi) is 3.73. The summed E-state index contributed by atoms with van der Waals surface area (Å²) in [5.41, 5.74) is -0.665. The van der Waals surface area contributed by atoms with Gasteiger partial charge in [-0.2, -0.15) is 0 Å². The average Bonchev–Trinajstić information content (AvgIpc) is 1.99. The predicted octanol–water partition coefficient (Wildman–Crippen LogP) is 0.833. The number of hydrogen-bond donors (Lipinski definition) is 2. The molecule has 1 rings (SSSR count). The predicted molar refractivity (Wildman–Crippen MR) is 57.5 cm³/mol. The van der Waals surface area contributed by atoms with Gasteiger partial charge in [-0.05, 0) is 40.0 Å². The second kappa shape index (κ2) is 4.49. The van der Waals surface area contributed by atoms with Crippen molar-refractivity contribution in [2.75, 3.05) is 13.2 Å². The molecule has 2 N–H and O–H groups in total. The molecule has 4 heteroatoms. The Balaban J connectivity index is 2.27. The highest BCUT2D eigenvalue weighted by Gasteiger charge is 2.36. The molecule has 0 atom stereocenters. The van der Waals surface area contributed by atoms with Crippen molar-refractivity contribution >= 4 is 5.97 Å². The lowest BCUT2D eigenvalue weighted by Crippen LogP contribution is -2.55. The summed E-state index contributed by atoms with van der Waals surface area (Å²) in [6, 6.07) is 0. The van der Waals surface area contributed by atoms with Crippen LogP contribution in [0.15, 0.2) is 0 Å². The largest absolute Gasteiger partial charge is 0.459 e. The fraction of sp³-hybridized carbons (Fsp3) is 0.909. The van der Waals surface area contributed by atoms with E-state index in [1.54, 1.807) is 0 Å². The van der Waals surface area contributed by atoms with Gasteiger partial charge in [0.25, 0.3) is 0 Å². The summed E-state index contributed by atoms with van der Waals surface area (Å²) in [6.07, 6.45) is 2.99. The number of aliphatic hydroxyl groups excluding tert-OH is 1. The van der Waals surface area contributed by atoms with Crippen molar-refractivity contribution in [1.29, 1.82) is 0 Å². The number of carbonyl (C=O) groups is 1. The van der Waals surface area contributed by atoms with Crippen molar-refractivity contribution < 1.29 is 14.6 Å². The van der Waals surface area contributed by atoms with E-state index in [-0.39, 0.29) is 24.7 Å². The summed E-state index contributed by atoms with van der Waals surface area (Å²) in [4.78, 5) is 11.4. The van der Waals surface area contributed by atoms with Gasteiger partial charge in [0.15, 0.2) is 0 Å². The van der Waals surface area contributed by atoms with E-state index in [4.69, 9.17) is 9.84 Å². The normalized spacial score (nSPS) is 19.5. The van der Waals surface area contributed by atoms with Crippen LogP contribution in [0.25, 0.3) is 0 Å². The van der Waals surface area contributed by atoms with E-state index < -0.39 is 5.60 Å². The molecule has 0 aromatic heterocycles. The molecule has 0 aromatic rings. The van der Waals surface area contributed by atoms with E-state index >= 15 is 0 Å². The van der Waals surface area contributed by atoms with E-state index in [0.717, 1.165) is 19.3 Å². The van der Waals surface area contributed by atoms with Crippen LogP contribution in [0.3, 0.4) is 0 Å². The number of hydrogen-bond acceptors (Lipinski definition) is 4. The third-order valence-corrected chi connectivity index (χ3v) is 2.64. The number of esters is 1. The lowest BCUT2D eigenvalue weighted by Gasteiger charge is -2.41. The van der Waals surface area contributed by atoms with Gasteiger partial charge in [0.05, 0.1) is 13.2 Å². The van der Waals surface area contributed by atoms with Gasteiger partial charge >= 0.3 is 5.97 Å². The summed E-state index contributed by atoms with van der Waals surface area (Å²) in [6.45, 7) is 5.80. The van der Waals surface area contributed by atoms with Crippen LogP contribution in [0, 0.1) is 0 Å². The molecule has 1 aliphatic rings. The number of rotatable bonds is 4. The van der Waals surface area contributed by atoms with Crippen molar-refractivity contribution in [3.05, 3.63) is 0 Å². The Morgan fingerprint density at radius 2 is 2.07 bits per heavy atom. The standard InChI is InChI=1S/C11H21NO3/c1-10(2,3)15-9(14)7-12-11(8-13)5-4-6-11/h12-13H,4-8H2,1-3H3. The molecule has 1 saturated carbocycles. The Hall–Kier alpha value is -0.610. The van der Waals surface area contributed by atoms with Crippen LogP contribution < -0.4 is 5.32 Å². The molecule has 0 aromatic carbocycles. The molecular formula is C11H21NO3. The Bertz CT molecular complexity index is 223. The quantitative estimate of drug-likeness (QED) is 0.682. The second-order valence-electron chi connectivity index (χ2n) is 5.23. The van der Waals surface area contributed by atoms with Crippen molar-refractivity contribution in [3.63, 3.8) is 0 Å². The minimum absolute atomic E-state index is 0.0931. The number of ether oxygens (including phenoxy) is 1. The zero-order valence-electron chi connectivity index (χ0n) is 9.80. The van der Waals surface area contributed by atoms with Crippen molar-refractivity contribution in [2.45, 2.75) is 51.2 Å². The molecule has 0 heterocycles. The van der Waals surface area contributed by atoms with Crippen LogP contribution in [-0.2, 0) is 9.53 Å². The molecule has 0 amide bonds. The smallest absolute Gasteiger partial charge is 0.320 e. The molecule has 15 heavy (non-hydrogen) atoms. The first-order valence-electron chi connectivity index (χ1n) is 5.45. The molecule has 0 radical (unpaired) electrons. The molecule has 0 unspecified atom stereocenters. The van der Waals surface area contributed by atoms with Crippen LogP contribution in [-0.4, -0.2) is 35.4 Å². The fourth-order valence-corrected chi connectivity index (χ4v) is 1.63. The van der Waals surface area contributed by atoms with Gasteiger partial charge < -0.3 is 9.84 Å². The first kappa shape index (κ1) is 12.5. The first-order chi connectivity index (χ1) is 6.87. The summed E-state index contributed by atoms with van der Waals surface area (Å²) < 4.78 is 5.16. The van der Waals surface area contributed by atoms with Crippen LogP contribution in [0.2, 0.25) is 0 Å². The molecule has 0 spiro atoms. The number of nitrogens with one attached hydrogen (secondary N) is 1. The minimum Gasteiger partial charge on any atom is -0.459 e. The molecule has 88 valence electrons. The van der Waals surface area contributed by atoms with Crippen LogP contribution in [0.5, 0.6) is 0 Å². The van der Waals surface area contributed by atoms with E-state index in [1.165, 1.54) is 0 Å². The van der Waals surface area contributed by atoms with E-state index in [2.05, 4.69) is 5.32 Å². The highest BCUT2D eigenvalue weighted by Crippen LogP contribution is 2.30. The fourth-order valence-electron chi connectivity index (χ4n) is 1.63. The van der Waals surface area contributed by atoms with E-state index in [1.807, 2.05) is 20.8 Å². The highest BCUT2D eigenvalue weighted by atomic mass is 16.6. The Morgan fingerprint density at radius 1 is 1.47 bits per heavy atom. The van der Waals surface area contributed by atoms with Crippen molar-refractivity contribution in [1.82, 2.24) is 5.32 Å². The van der Waals surface area contributed by atoms with Crippen LogP contribution >= 0.6 is 0 Å². The molecule has 1 aliphatic carbocycles. The third kappa shape index (κ3) is 3.80. The van der Waals surface area contributed by atoms with E-state index in [9.17, 15) is 4.79 Å². The Labute approximate surface area is 91.0 Å². The van der Waals surface area contributed by atoms with Gasteiger partial charge in [-0.15, -0.1) is 0 Å². The summed E-state index contributed by atoms with van der Waals surface area (Å²) in [5.74, 6) is -0.262. The first-order valence-corrected chi connectivity index (χ1v) is 5.45. The van der Waals surface area contributed by atoms with Gasteiger partial charge in [0, 0.05) is 5.54 Å². The van der Waals surface area contributed by atoms with Crippen LogP contribution in [0.4, 0.5) is 0 Å². The lowest BCUT2D eigenvalue weighted by molar-refractivity contribution is -0.154. The van der Waals surface area contributed by atoms with Gasteiger partial charge in [-0.1, -0.05) is 0 Å². The second-order valence-corrected chi connectivity index (χ2v) is 5.23. The van der Waals surface area contributed by atoms with Gasteiger partial charge in [-0.25, -0.2) is 0 Å². The third-order valence-electron chi connectivity index (χ3n) is 2.64. The average molecular weight is 215 g/mol. The lowest BCUT2D eigenvalue weighted by atomic mass is 9.77. The summed E-state index contributed by atoms with van der Waals surface area (Å²) >= 11 is 0. The van der Waals surface area contributed by atoms with E-state index in [0.29, 0.717) is 0 Å². The maximum Gasteiger partial charge on any atom is 0.320 e. The zero-order chi connectivity index (χ0) is 11.5. The van der Waals surface area contributed by atoms with Gasteiger partial charge in [0.2, 0.25) is 0 Å². The molecule has 0 aliphatic heterocycles. The van der Waals surface area contributed by atoms with Crippen molar-refractivity contribution in [3.8, 4) is 0 Å². The van der Waals surface area contributed by atoms with Gasteiger partial charge in [-0.3, -0.25) is 10.1 Å². The summed E-state index contributed by atoms with van der Waals surface area (Å²) in [5, 5.41) is 12.2. The summed E-state index contributed by atoms with van der Waals surface area (Å²) in [7, 11) is 0. The molecular weight excluding hydrogens is 194 g/mol. The van der Waals surface area contributed by atoms with Gasteiger partial charge in [0.1, 0.15) is 5.60 Å². The maximum atomic E-state index is 11.4. The molecule has 0 saturated heterocycles. The zero-order valence-corrected chi connectivity index (χ0v) is 9.80. The molecule has 4 nitrogen and oxygen atoms in total. The number of aliphatic hydroxyl groups is 1. The molecule has 0 bridgehead atoms.